The Hall–Kier alpha value is -2.65. The Morgan fingerprint density at radius 2 is 2.21 bits per heavy atom. The van der Waals surface area contributed by atoms with Crippen molar-refractivity contribution in [3.8, 4) is 0 Å². The summed E-state index contributed by atoms with van der Waals surface area (Å²) in [6.45, 7) is 0.370. The number of hydrogen-bond acceptors (Lipinski definition) is 7. The second-order valence-electron chi connectivity index (χ2n) is 4.47. The highest BCUT2D eigenvalue weighted by Crippen LogP contribution is 2.26. The van der Waals surface area contributed by atoms with Gasteiger partial charge < -0.3 is 16.0 Å². The molecule has 1 unspecified atom stereocenters. The molecule has 1 atom stereocenters. The van der Waals surface area contributed by atoms with Gasteiger partial charge in [-0.3, -0.25) is 14.9 Å². The van der Waals surface area contributed by atoms with Gasteiger partial charge in [-0.05, 0) is 16.7 Å². The molecule has 2 saturated heterocycles. The number of rotatable bonds is 1. The van der Waals surface area contributed by atoms with E-state index in [1.54, 1.807) is 0 Å². The SMILES string of the molecule is Nc1nonc1C(=O)N1CCC2(C1)NC(=O)NC2=O. The van der Waals surface area contributed by atoms with Crippen LogP contribution in [-0.4, -0.2) is 51.7 Å². The maximum absolute atomic E-state index is 12.1. The number of aromatic nitrogens is 2. The molecule has 0 radical (unpaired) electrons. The molecule has 2 aliphatic heterocycles. The highest BCUT2D eigenvalue weighted by Gasteiger charge is 2.52. The number of imide groups is 1. The molecule has 2 fully saturated rings. The second-order valence-corrected chi connectivity index (χ2v) is 4.47. The van der Waals surface area contributed by atoms with Crippen LogP contribution in [-0.2, 0) is 4.79 Å². The zero-order valence-corrected chi connectivity index (χ0v) is 9.67. The predicted molar refractivity (Wildman–Crippen MR) is 58.6 cm³/mol. The monoisotopic (exact) mass is 266 g/mol. The fourth-order valence-electron chi connectivity index (χ4n) is 2.29. The van der Waals surface area contributed by atoms with E-state index in [9.17, 15) is 14.4 Å². The van der Waals surface area contributed by atoms with E-state index in [0.717, 1.165) is 0 Å². The third-order valence-electron chi connectivity index (χ3n) is 3.29. The minimum Gasteiger partial charge on any atom is -0.379 e. The number of hydrogen-bond donors (Lipinski definition) is 3. The molecule has 0 saturated carbocycles. The van der Waals surface area contributed by atoms with Gasteiger partial charge in [-0.1, -0.05) is 0 Å². The average molecular weight is 266 g/mol. The van der Waals surface area contributed by atoms with Crippen LogP contribution < -0.4 is 16.4 Å². The fraction of sp³-hybridized carbons (Fsp3) is 0.444. The molecule has 3 heterocycles. The molecule has 4 N–H and O–H groups in total. The first kappa shape index (κ1) is 11.4. The van der Waals surface area contributed by atoms with Gasteiger partial charge in [-0.2, -0.15) is 0 Å². The summed E-state index contributed by atoms with van der Waals surface area (Å²) in [5.74, 6) is -1.02. The van der Waals surface area contributed by atoms with E-state index in [1.165, 1.54) is 4.90 Å². The van der Waals surface area contributed by atoms with E-state index in [2.05, 4.69) is 25.6 Å². The number of nitrogens with zero attached hydrogens (tertiary/aromatic N) is 3. The Kier molecular flexibility index (Phi) is 2.21. The van der Waals surface area contributed by atoms with Crippen molar-refractivity contribution < 1.29 is 19.0 Å². The lowest BCUT2D eigenvalue weighted by atomic mass is 10.00. The van der Waals surface area contributed by atoms with Gasteiger partial charge in [0.15, 0.2) is 0 Å². The van der Waals surface area contributed by atoms with Crippen LogP contribution in [0.15, 0.2) is 4.63 Å². The van der Waals surface area contributed by atoms with Gasteiger partial charge in [0.2, 0.25) is 11.5 Å². The van der Waals surface area contributed by atoms with Crippen molar-refractivity contribution in [2.24, 2.45) is 0 Å². The summed E-state index contributed by atoms with van der Waals surface area (Å²) in [6, 6.07) is -0.554. The normalized spacial score (nSPS) is 25.8. The zero-order valence-electron chi connectivity index (χ0n) is 9.67. The first-order valence-corrected chi connectivity index (χ1v) is 5.53. The molecular formula is C9H10N6O4. The van der Waals surface area contributed by atoms with E-state index in [4.69, 9.17) is 5.73 Å². The van der Waals surface area contributed by atoms with Crippen LogP contribution in [0.1, 0.15) is 16.9 Å². The molecule has 1 spiro atoms. The summed E-state index contributed by atoms with van der Waals surface area (Å²) in [5.41, 5.74) is 4.29. The Balaban J connectivity index is 1.80. The van der Waals surface area contributed by atoms with E-state index in [0.29, 0.717) is 13.0 Å². The van der Waals surface area contributed by atoms with Crippen LogP contribution in [0, 0.1) is 0 Å². The highest BCUT2D eigenvalue weighted by molar-refractivity contribution is 6.08. The van der Waals surface area contributed by atoms with E-state index in [1.807, 2.05) is 0 Å². The molecule has 3 rings (SSSR count). The fourth-order valence-corrected chi connectivity index (χ4v) is 2.29. The van der Waals surface area contributed by atoms with Crippen LogP contribution in [0.25, 0.3) is 0 Å². The Morgan fingerprint density at radius 3 is 2.79 bits per heavy atom. The van der Waals surface area contributed by atoms with Crippen molar-refractivity contribution in [3.05, 3.63) is 5.69 Å². The summed E-state index contributed by atoms with van der Waals surface area (Å²) in [4.78, 5) is 36.4. The molecule has 4 amide bonds. The lowest BCUT2D eigenvalue weighted by Gasteiger charge is -2.20. The molecule has 0 aliphatic carbocycles. The Labute approximate surface area is 106 Å². The molecule has 0 aromatic carbocycles. The lowest BCUT2D eigenvalue weighted by Crippen LogP contribution is -2.49. The summed E-state index contributed by atoms with van der Waals surface area (Å²) < 4.78 is 4.36. The minimum atomic E-state index is -1.06. The summed E-state index contributed by atoms with van der Waals surface area (Å²) in [5, 5.41) is 11.4. The molecule has 1 aromatic rings. The number of urea groups is 1. The number of carbonyl (C=O) groups is 3. The van der Waals surface area contributed by atoms with E-state index in [-0.39, 0.29) is 18.1 Å². The maximum atomic E-state index is 12.1. The van der Waals surface area contributed by atoms with Crippen molar-refractivity contribution in [2.75, 3.05) is 18.8 Å². The molecule has 2 aliphatic rings. The topological polar surface area (TPSA) is 143 Å². The summed E-state index contributed by atoms with van der Waals surface area (Å²) >= 11 is 0. The van der Waals surface area contributed by atoms with Gasteiger partial charge in [0.05, 0.1) is 6.54 Å². The third kappa shape index (κ3) is 1.60. The first-order chi connectivity index (χ1) is 9.02. The quantitative estimate of drug-likeness (QED) is 0.502. The molecule has 1 aromatic heterocycles. The Bertz CT molecular complexity index is 583. The molecule has 100 valence electrons. The van der Waals surface area contributed by atoms with Gasteiger partial charge in [0, 0.05) is 6.54 Å². The average Bonchev–Trinajstić information content (AvgIpc) is 3.01. The Morgan fingerprint density at radius 1 is 1.42 bits per heavy atom. The maximum Gasteiger partial charge on any atom is 0.322 e. The number of carbonyl (C=O) groups excluding carboxylic acids is 3. The van der Waals surface area contributed by atoms with Gasteiger partial charge in [-0.15, -0.1) is 0 Å². The molecule has 10 nitrogen and oxygen atoms in total. The van der Waals surface area contributed by atoms with Crippen LogP contribution in [0.3, 0.4) is 0 Å². The molecule has 19 heavy (non-hydrogen) atoms. The number of nitrogen functional groups attached to an aromatic ring is 1. The number of likely N-dealkylation sites (tertiary alicyclic amines) is 1. The largest absolute Gasteiger partial charge is 0.379 e. The van der Waals surface area contributed by atoms with Crippen LogP contribution >= 0.6 is 0 Å². The van der Waals surface area contributed by atoms with Gasteiger partial charge in [0.25, 0.3) is 11.8 Å². The zero-order chi connectivity index (χ0) is 13.6. The van der Waals surface area contributed by atoms with Crippen molar-refractivity contribution in [1.82, 2.24) is 25.8 Å². The molecular weight excluding hydrogens is 256 g/mol. The molecule has 10 heteroatoms. The smallest absolute Gasteiger partial charge is 0.322 e. The van der Waals surface area contributed by atoms with Crippen LogP contribution in [0.4, 0.5) is 10.6 Å². The summed E-state index contributed by atoms with van der Waals surface area (Å²) in [6.07, 6.45) is 0.335. The van der Waals surface area contributed by atoms with Crippen molar-refractivity contribution >= 4 is 23.7 Å². The van der Waals surface area contributed by atoms with Gasteiger partial charge in [-0.25, -0.2) is 9.42 Å². The predicted octanol–water partition coefficient (Wildman–Crippen LogP) is -1.92. The lowest BCUT2D eigenvalue weighted by molar-refractivity contribution is -0.123. The third-order valence-corrected chi connectivity index (χ3v) is 3.29. The van der Waals surface area contributed by atoms with E-state index < -0.39 is 23.4 Å². The standard InChI is InChI=1S/C9H10N6O4/c10-5-4(13-19-14-5)6(16)15-2-1-9(3-15)7(17)11-8(18)12-9/h1-3H2,(H2,10,14)(H2,11,12,17,18). The van der Waals surface area contributed by atoms with Crippen molar-refractivity contribution in [2.45, 2.75) is 12.0 Å². The van der Waals surface area contributed by atoms with Crippen molar-refractivity contribution in [3.63, 3.8) is 0 Å². The van der Waals surface area contributed by atoms with Gasteiger partial charge in [0.1, 0.15) is 5.54 Å². The second kappa shape index (κ2) is 3.67. The number of amides is 4. The number of anilines is 1. The van der Waals surface area contributed by atoms with Crippen LogP contribution in [0.5, 0.6) is 0 Å². The van der Waals surface area contributed by atoms with Gasteiger partial charge >= 0.3 is 6.03 Å². The molecule has 0 bridgehead atoms. The minimum absolute atomic E-state index is 0.0652. The van der Waals surface area contributed by atoms with E-state index >= 15 is 0 Å². The van der Waals surface area contributed by atoms with Crippen molar-refractivity contribution in [1.29, 1.82) is 0 Å². The first-order valence-electron chi connectivity index (χ1n) is 5.53. The number of nitrogens with two attached hydrogens (primary N) is 1. The van der Waals surface area contributed by atoms with Crippen LogP contribution in [0.2, 0.25) is 0 Å². The number of nitrogens with one attached hydrogen (secondary N) is 2. The highest BCUT2D eigenvalue weighted by atomic mass is 16.6. The summed E-state index contributed by atoms with van der Waals surface area (Å²) in [7, 11) is 0.